The number of hydrogen-bond acceptors (Lipinski definition) is 4. The smallest absolute Gasteiger partial charge is 0.349 e. The van der Waals surface area contributed by atoms with Crippen molar-refractivity contribution in [2.45, 2.75) is 19.8 Å². The summed E-state index contributed by atoms with van der Waals surface area (Å²) in [6, 6.07) is 15.9. The number of ether oxygens (including phenoxy) is 1. The van der Waals surface area contributed by atoms with E-state index < -0.39 is 18.5 Å². The Hall–Kier alpha value is -3.10. The van der Waals surface area contributed by atoms with Crippen LogP contribution in [0.15, 0.2) is 54.1 Å². The van der Waals surface area contributed by atoms with Gasteiger partial charge in [-0.25, -0.2) is 4.79 Å². The van der Waals surface area contributed by atoms with Gasteiger partial charge in [-0.2, -0.15) is 5.26 Å². The molecule has 6 heteroatoms. The van der Waals surface area contributed by atoms with Crippen LogP contribution < -0.4 is 5.32 Å². The number of nitrogens with one attached hydrogen (secondary N) is 1. The molecule has 0 saturated heterocycles. The fraction of sp³-hybridized carbons (Fsp3) is 0.190. The van der Waals surface area contributed by atoms with Gasteiger partial charge < -0.3 is 10.1 Å². The van der Waals surface area contributed by atoms with E-state index in [-0.39, 0.29) is 5.57 Å². The zero-order valence-electron chi connectivity index (χ0n) is 15.0. The lowest BCUT2D eigenvalue weighted by atomic mass is 10.0. The molecule has 5 nitrogen and oxygen atoms in total. The highest BCUT2D eigenvalue weighted by Gasteiger charge is 2.13. The normalized spacial score (nSPS) is 11.0. The molecule has 0 heterocycles. The van der Waals surface area contributed by atoms with Crippen molar-refractivity contribution in [1.82, 2.24) is 0 Å². The molecule has 0 fully saturated rings. The topological polar surface area (TPSA) is 79.2 Å². The van der Waals surface area contributed by atoms with Gasteiger partial charge in [-0.15, -0.1) is 0 Å². The molecule has 0 saturated carbocycles. The van der Waals surface area contributed by atoms with Gasteiger partial charge in [0.25, 0.3) is 5.91 Å². The number of anilines is 1. The van der Waals surface area contributed by atoms with Crippen LogP contribution in [0.4, 0.5) is 5.69 Å². The molecule has 2 rings (SSSR count). The van der Waals surface area contributed by atoms with Crippen LogP contribution >= 0.6 is 11.6 Å². The first-order valence-corrected chi connectivity index (χ1v) is 8.71. The minimum absolute atomic E-state index is 0.174. The Morgan fingerprint density at radius 3 is 2.33 bits per heavy atom. The molecule has 0 radical (unpaired) electrons. The zero-order valence-corrected chi connectivity index (χ0v) is 15.8. The van der Waals surface area contributed by atoms with Crippen LogP contribution in [0.1, 0.15) is 30.9 Å². The average Bonchev–Trinajstić information content (AvgIpc) is 2.66. The van der Waals surface area contributed by atoms with Crippen LogP contribution in [-0.4, -0.2) is 18.5 Å². The van der Waals surface area contributed by atoms with Crippen molar-refractivity contribution in [2.24, 2.45) is 0 Å². The van der Waals surface area contributed by atoms with Crippen LogP contribution in [0, 0.1) is 11.3 Å². The first-order valence-electron chi connectivity index (χ1n) is 8.33. The number of amides is 1. The molecule has 0 aliphatic heterocycles. The Kier molecular flexibility index (Phi) is 7.16. The van der Waals surface area contributed by atoms with Gasteiger partial charge >= 0.3 is 5.97 Å². The summed E-state index contributed by atoms with van der Waals surface area (Å²) in [4.78, 5) is 23.9. The predicted molar refractivity (Wildman–Crippen MR) is 105 cm³/mol. The summed E-state index contributed by atoms with van der Waals surface area (Å²) in [5, 5.41) is 12.3. The average molecular weight is 383 g/mol. The molecule has 0 atom stereocenters. The van der Waals surface area contributed by atoms with E-state index in [0.717, 1.165) is 5.56 Å². The molecule has 2 aromatic carbocycles. The third-order valence-corrected chi connectivity index (χ3v) is 3.97. The van der Waals surface area contributed by atoms with Gasteiger partial charge in [-0.05, 0) is 47.4 Å². The SMILES string of the molecule is CC(C)c1ccc(/C=C(\C#N)C(=O)OCC(=O)Nc2ccc(Cl)cc2)cc1. The third kappa shape index (κ3) is 6.28. The second kappa shape index (κ2) is 9.56. The van der Waals surface area contributed by atoms with Crippen molar-refractivity contribution >= 4 is 35.2 Å². The van der Waals surface area contributed by atoms with E-state index in [2.05, 4.69) is 19.2 Å². The predicted octanol–water partition coefficient (Wildman–Crippen LogP) is 4.55. The van der Waals surface area contributed by atoms with E-state index in [1.54, 1.807) is 24.3 Å². The molecule has 0 aromatic heterocycles. The van der Waals surface area contributed by atoms with Crippen molar-refractivity contribution in [1.29, 1.82) is 5.26 Å². The highest BCUT2D eigenvalue weighted by Crippen LogP contribution is 2.17. The summed E-state index contributed by atoms with van der Waals surface area (Å²) in [7, 11) is 0. The number of carbonyl (C=O) groups excluding carboxylic acids is 2. The highest BCUT2D eigenvalue weighted by atomic mass is 35.5. The number of esters is 1. The van der Waals surface area contributed by atoms with E-state index in [9.17, 15) is 14.9 Å². The second-order valence-corrected chi connectivity index (χ2v) is 6.56. The van der Waals surface area contributed by atoms with Crippen molar-refractivity contribution < 1.29 is 14.3 Å². The number of carbonyl (C=O) groups is 2. The molecule has 0 unspecified atom stereocenters. The molecular formula is C21H19ClN2O3. The number of rotatable bonds is 6. The van der Waals surface area contributed by atoms with E-state index in [4.69, 9.17) is 16.3 Å². The van der Waals surface area contributed by atoms with Gasteiger partial charge in [0.15, 0.2) is 6.61 Å². The monoisotopic (exact) mass is 382 g/mol. The van der Waals surface area contributed by atoms with Gasteiger partial charge in [0.1, 0.15) is 11.6 Å². The molecule has 0 bridgehead atoms. The summed E-state index contributed by atoms with van der Waals surface area (Å²) >= 11 is 5.77. The van der Waals surface area contributed by atoms with Crippen molar-refractivity contribution in [2.75, 3.05) is 11.9 Å². The first kappa shape index (κ1) is 20.2. The standard InChI is InChI=1S/C21H19ClN2O3/c1-14(2)16-5-3-15(4-6-16)11-17(12-23)21(26)27-13-20(25)24-19-9-7-18(22)8-10-19/h3-11,14H,13H2,1-2H3,(H,24,25)/b17-11+. The lowest BCUT2D eigenvalue weighted by Crippen LogP contribution is -2.21. The summed E-state index contributed by atoms with van der Waals surface area (Å²) in [6.07, 6.45) is 1.43. The summed E-state index contributed by atoms with van der Waals surface area (Å²) in [5.41, 5.74) is 2.22. The minimum Gasteiger partial charge on any atom is -0.451 e. The van der Waals surface area contributed by atoms with Gasteiger partial charge in [0.05, 0.1) is 0 Å². The largest absolute Gasteiger partial charge is 0.451 e. The lowest BCUT2D eigenvalue weighted by Gasteiger charge is -2.07. The quantitative estimate of drug-likeness (QED) is 0.451. The Bertz CT molecular complexity index is 879. The van der Waals surface area contributed by atoms with Crippen molar-refractivity contribution in [3.05, 3.63) is 70.3 Å². The van der Waals surface area contributed by atoms with Gasteiger partial charge in [0, 0.05) is 10.7 Å². The fourth-order valence-electron chi connectivity index (χ4n) is 2.22. The summed E-state index contributed by atoms with van der Waals surface area (Å²) in [6.45, 7) is 3.67. The Balaban J connectivity index is 1.95. The van der Waals surface area contributed by atoms with Gasteiger partial charge in [0.2, 0.25) is 0 Å². The van der Waals surface area contributed by atoms with E-state index in [1.807, 2.05) is 30.3 Å². The first-order chi connectivity index (χ1) is 12.9. The Morgan fingerprint density at radius 1 is 1.15 bits per heavy atom. The van der Waals surface area contributed by atoms with Crippen LogP contribution in [0.2, 0.25) is 5.02 Å². The Labute approximate surface area is 163 Å². The highest BCUT2D eigenvalue weighted by molar-refractivity contribution is 6.30. The summed E-state index contributed by atoms with van der Waals surface area (Å²) < 4.78 is 4.92. The molecule has 0 aliphatic carbocycles. The van der Waals surface area contributed by atoms with Crippen LogP contribution in [0.5, 0.6) is 0 Å². The fourth-order valence-corrected chi connectivity index (χ4v) is 2.35. The molecule has 1 amide bonds. The molecule has 0 aliphatic rings. The molecule has 138 valence electrons. The summed E-state index contributed by atoms with van der Waals surface area (Å²) in [5.74, 6) is -0.969. The third-order valence-electron chi connectivity index (χ3n) is 3.72. The number of halogens is 1. The molecule has 0 spiro atoms. The van der Waals surface area contributed by atoms with Gasteiger partial charge in [-0.3, -0.25) is 4.79 Å². The maximum Gasteiger partial charge on any atom is 0.349 e. The zero-order chi connectivity index (χ0) is 19.8. The van der Waals surface area contributed by atoms with Gasteiger partial charge in [-0.1, -0.05) is 49.7 Å². The number of benzene rings is 2. The molecule has 27 heavy (non-hydrogen) atoms. The minimum atomic E-state index is -0.850. The van der Waals surface area contributed by atoms with Crippen molar-refractivity contribution in [3.8, 4) is 6.07 Å². The number of nitrogens with zero attached hydrogens (tertiary/aromatic N) is 1. The number of nitriles is 1. The maximum atomic E-state index is 12.0. The van der Waals surface area contributed by atoms with Crippen LogP contribution in [-0.2, 0) is 14.3 Å². The van der Waals surface area contributed by atoms with E-state index >= 15 is 0 Å². The van der Waals surface area contributed by atoms with Crippen molar-refractivity contribution in [3.63, 3.8) is 0 Å². The molecule has 1 N–H and O–H groups in total. The van der Waals surface area contributed by atoms with Crippen LogP contribution in [0.25, 0.3) is 6.08 Å². The second-order valence-electron chi connectivity index (χ2n) is 6.12. The maximum absolute atomic E-state index is 12.0. The van der Waals surface area contributed by atoms with E-state index in [0.29, 0.717) is 22.2 Å². The number of hydrogen-bond donors (Lipinski definition) is 1. The molecule has 2 aromatic rings. The Morgan fingerprint density at radius 2 is 1.78 bits per heavy atom. The molecular weight excluding hydrogens is 364 g/mol. The van der Waals surface area contributed by atoms with E-state index in [1.165, 1.54) is 6.08 Å². The van der Waals surface area contributed by atoms with Crippen LogP contribution in [0.3, 0.4) is 0 Å². The lowest BCUT2D eigenvalue weighted by molar-refractivity contribution is -0.142.